The Morgan fingerprint density at radius 3 is 2.37 bits per heavy atom. The molecule has 0 radical (unpaired) electrons. The Hall–Kier alpha value is -2.41. The number of hydrogen-bond donors (Lipinski definition) is 2. The first-order chi connectivity index (χ1) is 13.1. The number of benzene rings is 1. The second-order valence-corrected chi connectivity index (χ2v) is 7.25. The van der Waals surface area contributed by atoms with Gasteiger partial charge in [-0.3, -0.25) is 0 Å². The molecule has 0 bridgehead atoms. The van der Waals surface area contributed by atoms with Gasteiger partial charge in [-0.2, -0.15) is 0 Å². The van der Waals surface area contributed by atoms with Crippen LogP contribution in [0.2, 0.25) is 0 Å². The van der Waals surface area contributed by atoms with Crippen LogP contribution < -0.4 is 24.8 Å². The Kier molecular flexibility index (Phi) is 8.26. The summed E-state index contributed by atoms with van der Waals surface area (Å²) in [5.41, 5.74) is 1.05. The molecule has 7 heteroatoms. The first-order valence-corrected chi connectivity index (χ1v) is 9.79. The van der Waals surface area contributed by atoms with Crippen molar-refractivity contribution in [3.05, 3.63) is 39.6 Å². The van der Waals surface area contributed by atoms with Gasteiger partial charge in [0.2, 0.25) is 5.75 Å². The lowest BCUT2D eigenvalue weighted by molar-refractivity contribution is 0.322. The van der Waals surface area contributed by atoms with E-state index in [9.17, 15) is 0 Å². The molecule has 6 nitrogen and oxygen atoms in total. The Labute approximate surface area is 165 Å². The monoisotopic (exact) mass is 391 g/mol. The van der Waals surface area contributed by atoms with E-state index < -0.39 is 0 Å². The minimum Gasteiger partial charge on any atom is -0.493 e. The summed E-state index contributed by atoms with van der Waals surface area (Å²) in [6, 6.07) is 8.15. The lowest BCUT2D eigenvalue weighted by atomic mass is 10.1. The molecule has 0 saturated carbocycles. The van der Waals surface area contributed by atoms with Crippen molar-refractivity contribution < 1.29 is 14.2 Å². The number of hydrogen-bond acceptors (Lipinski definition) is 5. The van der Waals surface area contributed by atoms with Crippen LogP contribution in [-0.4, -0.2) is 40.4 Å². The van der Waals surface area contributed by atoms with E-state index >= 15 is 0 Å². The highest BCUT2D eigenvalue weighted by atomic mass is 32.1. The summed E-state index contributed by atoms with van der Waals surface area (Å²) in [4.78, 5) is 7.22. The molecule has 2 aromatic rings. The van der Waals surface area contributed by atoms with Crippen LogP contribution in [0.4, 0.5) is 0 Å². The van der Waals surface area contributed by atoms with E-state index in [1.54, 1.807) is 32.7 Å². The first-order valence-electron chi connectivity index (χ1n) is 8.98. The number of thiophene rings is 1. The van der Waals surface area contributed by atoms with Crippen LogP contribution in [0, 0.1) is 6.92 Å². The number of aryl methyl sites for hydroxylation is 1. The number of methoxy groups -OCH3 is 3. The van der Waals surface area contributed by atoms with Gasteiger partial charge in [-0.05, 0) is 38.5 Å². The maximum absolute atomic E-state index is 5.55. The zero-order chi connectivity index (χ0) is 19.6. The van der Waals surface area contributed by atoms with Crippen molar-refractivity contribution in [1.29, 1.82) is 0 Å². The minimum atomic E-state index is 0.617. The van der Waals surface area contributed by atoms with E-state index in [2.05, 4.69) is 41.6 Å². The van der Waals surface area contributed by atoms with Gasteiger partial charge in [-0.1, -0.05) is 6.07 Å². The third-order valence-corrected chi connectivity index (χ3v) is 4.99. The average Bonchev–Trinajstić information content (AvgIpc) is 3.10. The molecule has 1 heterocycles. The molecule has 0 aliphatic heterocycles. The van der Waals surface area contributed by atoms with Crippen molar-refractivity contribution in [2.75, 3.05) is 34.4 Å². The molecule has 0 unspecified atom stereocenters. The molecule has 0 spiro atoms. The fraction of sp³-hybridized carbons (Fsp3) is 0.450. The van der Waals surface area contributed by atoms with E-state index in [1.165, 1.54) is 9.75 Å². The molecule has 0 atom stereocenters. The van der Waals surface area contributed by atoms with Crippen molar-refractivity contribution in [3.8, 4) is 17.2 Å². The van der Waals surface area contributed by atoms with Gasteiger partial charge in [0, 0.05) is 28.4 Å². The molecule has 2 N–H and O–H groups in total. The number of nitrogens with zero attached hydrogens (tertiary/aromatic N) is 1. The fourth-order valence-corrected chi connectivity index (χ4v) is 3.56. The summed E-state index contributed by atoms with van der Waals surface area (Å²) in [6.45, 7) is 6.38. The van der Waals surface area contributed by atoms with Gasteiger partial charge < -0.3 is 24.8 Å². The van der Waals surface area contributed by atoms with E-state index in [0.717, 1.165) is 31.0 Å². The van der Waals surface area contributed by atoms with Gasteiger partial charge in [0.05, 0.1) is 27.9 Å². The highest BCUT2D eigenvalue weighted by Crippen LogP contribution is 2.39. The summed E-state index contributed by atoms with van der Waals surface area (Å²) >= 11 is 1.78. The number of ether oxygens (including phenoxy) is 3. The zero-order valence-electron chi connectivity index (χ0n) is 16.7. The molecule has 148 valence electrons. The third-order valence-electron chi connectivity index (χ3n) is 4.01. The van der Waals surface area contributed by atoms with Crippen molar-refractivity contribution in [1.82, 2.24) is 10.6 Å². The molecule has 1 aromatic carbocycles. The van der Waals surface area contributed by atoms with Crippen LogP contribution in [-0.2, 0) is 13.0 Å². The quantitative estimate of drug-likeness (QED) is 0.507. The second kappa shape index (κ2) is 10.7. The number of nitrogens with one attached hydrogen (secondary N) is 2. The predicted octanol–water partition coefficient (Wildman–Crippen LogP) is 3.38. The Morgan fingerprint density at radius 2 is 1.78 bits per heavy atom. The van der Waals surface area contributed by atoms with Crippen LogP contribution in [0.3, 0.4) is 0 Å². The largest absolute Gasteiger partial charge is 0.493 e. The third kappa shape index (κ3) is 5.79. The van der Waals surface area contributed by atoms with Gasteiger partial charge in [0.15, 0.2) is 17.5 Å². The summed E-state index contributed by atoms with van der Waals surface area (Å²) in [5.74, 6) is 2.79. The normalized spacial score (nSPS) is 11.2. The highest BCUT2D eigenvalue weighted by Gasteiger charge is 2.15. The summed E-state index contributed by atoms with van der Waals surface area (Å²) in [5, 5.41) is 6.66. The molecule has 0 amide bonds. The minimum absolute atomic E-state index is 0.617. The lowest BCUT2D eigenvalue weighted by Crippen LogP contribution is -2.38. The maximum Gasteiger partial charge on any atom is 0.203 e. The molecular formula is C20H29N3O3S. The molecule has 2 rings (SSSR count). The first kappa shape index (κ1) is 20.9. The smallest absolute Gasteiger partial charge is 0.203 e. The van der Waals surface area contributed by atoms with Crippen LogP contribution in [0.25, 0.3) is 0 Å². The highest BCUT2D eigenvalue weighted by molar-refractivity contribution is 7.11. The van der Waals surface area contributed by atoms with E-state index in [4.69, 9.17) is 14.2 Å². The summed E-state index contributed by atoms with van der Waals surface area (Å²) < 4.78 is 16.3. The molecule has 27 heavy (non-hydrogen) atoms. The van der Waals surface area contributed by atoms with Crippen LogP contribution in [0.1, 0.15) is 22.2 Å². The Bertz CT molecular complexity index is 759. The SMILES string of the molecule is CCNC(=NCc1ccc(C)s1)NCCc1ccc(OC)c(OC)c1OC. The van der Waals surface area contributed by atoms with Crippen molar-refractivity contribution >= 4 is 17.3 Å². The van der Waals surface area contributed by atoms with Gasteiger partial charge in [-0.25, -0.2) is 4.99 Å². The van der Waals surface area contributed by atoms with Gasteiger partial charge in [-0.15, -0.1) is 11.3 Å². The van der Waals surface area contributed by atoms with E-state index in [0.29, 0.717) is 23.8 Å². The van der Waals surface area contributed by atoms with E-state index in [-0.39, 0.29) is 0 Å². The topological polar surface area (TPSA) is 64.1 Å². The van der Waals surface area contributed by atoms with Crippen LogP contribution >= 0.6 is 11.3 Å². The van der Waals surface area contributed by atoms with Crippen molar-refractivity contribution in [2.45, 2.75) is 26.8 Å². The molecular weight excluding hydrogens is 362 g/mol. The Morgan fingerprint density at radius 1 is 1.00 bits per heavy atom. The second-order valence-electron chi connectivity index (χ2n) is 5.88. The van der Waals surface area contributed by atoms with Crippen molar-refractivity contribution in [2.24, 2.45) is 4.99 Å². The maximum atomic E-state index is 5.55. The number of rotatable bonds is 9. The molecule has 0 aliphatic carbocycles. The Balaban J connectivity index is 2.01. The average molecular weight is 392 g/mol. The molecule has 0 saturated heterocycles. The van der Waals surface area contributed by atoms with Crippen LogP contribution in [0.15, 0.2) is 29.3 Å². The summed E-state index contributed by atoms with van der Waals surface area (Å²) in [7, 11) is 4.88. The standard InChI is InChI=1S/C20H29N3O3S/c1-6-21-20(23-13-16-9-7-14(2)27-16)22-12-11-15-8-10-17(24-3)19(26-5)18(15)25-4/h7-10H,6,11-13H2,1-5H3,(H2,21,22,23). The zero-order valence-corrected chi connectivity index (χ0v) is 17.5. The number of guanidine groups is 1. The number of aliphatic imine (C=N–C) groups is 1. The molecule has 0 fully saturated rings. The van der Waals surface area contributed by atoms with E-state index in [1.807, 2.05) is 12.1 Å². The van der Waals surface area contributed by atoms with Gasteiger partial charge in [0.1, 0.15) is 0 Å². The predicted molar refractivity (Wildman–Crippen MR) is 112 cm³/mol. The fourth-order valence-electron chi connectivity index (χ4n) is 2.74. The van der Waals surface area contributed by atoms with Gasteiger partial charge in [0.25, 0.3) is 0 Å². The van der Waals surface area contributed by atoms with Gasteiger partial charge >= 0.3 is 0 Å². The van der Waals surface area contributed by atoms with Crippen molar-refractivity contribution in [3.63, 3.8) is 0 Å². The van der Waals surface area contributed by atoms with Crippen LogP contribution in [0.5, 0.6) is 17.2 Å². The molecule has 0 aliphatic rings. The lowest BCUT2D eigenvalue weighted by Gasteiger charge is -2.16. The summed E-state index contributed by atoms with van der Waals surface area (Å²) in [6.07, 6.45) is 0.770. The molecule has 1 aromatic heterocycles.